The van der Waals surface area contributed by atoms with E-state index in [1.54, 1.807) is 11.3 Å². The fourth-order valence-corrected chi connectivity index (χ4v) is 2.95. The average Bonchev–Trinajstić information content (AvgIpc) is 2.98. The number of ether oxygens (including phenoxy) is 1. The monoisotopic (exact) mass is 397 g/mol. The Bertz CT molecular complexity index is 620. The molecule has 0 saturated carbocycles. The third-order valence-electron chi connectivity index (χ3n) is 3.39. The van der Waals surface area contributed by atoms with Crippen LogP contribution < -0.4 is 16.0 Å². The lowest BCUT2D eigenvalue weighted by Crippen LogP contribution is -2.49. The molecule has 3 N–H and O–H groups in total. The van der Waals surface area contributed by atoms with Crippen LogP contribution in [0.4, 0.5) is 4.79 Å². The van der Waals surface area contributed by atoms with Gasteiger partial charge in [-0.2, -0.15) is 0 Å². The van der Waals surface area contributed by atoms with Gasteiger partial charge in [0.25, 0.3) is 0 Å². The molecule has 0 spiro atoms. The third-order valence-corrected chi connectivity index (χ3v) is 4.43. The molecule has 1 aromatic rings. The quantitative estimate of drug-likeness (QED) is 0.463. The van der Waals surface area contributed by atoms with Crippen molar-refractivity contribution in [3.8, 4) is 0 Å². The molecule has 0 aliphatic rings. The van der Waals surface area contributed by atoms with Gasteiger partial charge in [-0.25, -0.2) is 9.78 Å². The van der Waals surface area contributed by atoms with Crippen LogP contribution in [0, 0.1) is 0 Å². The number of aryl methyl sites for hydroxylation is 1. The molecule has 1 aromatic heterocycles. The molecule has 8 heteroatoms. The summed E-state index contributed by atoms with van der Waals surface area (Å²) in [4.78, 5) is 21.2. The summed E-state index contributed by atoms with van der Waals surface area (Å²) in [6.45, 7) is 15.5. The number of aromatic nitrogens is 1. The predicted molar refractivity (Wildman–Crippen MR) is 113 cm³/mol. The number of hydrogen-bond acceptors (Lipinski definition) is 5. The van der Waals surface area contributed by atoms with Gasteiger partial charge >= 0.3 is 6.09 Å². The Kier molecular flexibility index (Phi) is 9.02. The van der Waals surface area contributed by atoms with E-state index in [9.17, 15) is 4.79 Å². The van der Waals surface area contributed by atoms with Gasteiger partial charge in [-0.3, -0.25) is 4.99 Å². The van der Waals surface area contributed by atoms with Crippen molar-refractivity contribution in [1.82, 2.24) is 20.9 Å². The Morgan fingerprint density at radius 2 is 1.93 bits per heavy atom. The lowest BCUT2D eigenvalue weighted by atomic mass is 10.1. The normalized spacial score (nSPS) is 12.6. The van der Waals surface area contributed by atoms with Gasteiger partial charge in [-0.05, 0) is 48.0 Å². The zero-order chi connectivity index (χ0) is 20.5. The van der Waals surface area contributed by atoms with Crippen LogP contribution in [0.2, 0.25) is 0 Å². The lowest BCUT2D eigenvalue weighted by Gasteiger charge is -2.27. The topological polar surface area (TPSA) is 87.6 Å². The molecule has 1 amide bonds. The van der Waals surface area contributed by atoms with Gasteiger partial charge in [0.2, 0.25) is 0 Å². The Morgan fingerprint density at radius 3 is 2.48 bits per heavy atom. The van der Waals surface area contributed by atoms with Crippen LogP contribution in [-0.4, -0.2) is 47.8 Å². The summed E-state index contributed by atoms with van der Waals surface area (Å²) in [6, 6.07) is 0. The van der Waals surface area contributed by atoms with Crippen LogP contribution in [-0.2, 0) is 17.6 Å². The molecule has 7 nitrogen and oxygen atoms in total. The first-order chi connectivity index (χ1) is 12.5. The molecule has 0 atom stereocenters. The van der Waals surface area contributed by atoms with Crippen LogP contribution >= 0.6 is 11.3 Å². The number of nitrogens with one attached hydrogen (secondary N) is 3. The summed E-state index contributed by atoms with van der Waals surface area (Å²) in [5.74, 6) is 0.725. The number of carbonyl (C=O) groups excluding carboxylic acids is 1. The van der Waals surface area contributed by atoms with Crippen molar-refractivity contribution in [2.24, 2.45) is 4.99 Å². The van der Waals surface area contributed by atoms with Crippen LogP contribution in [0.1, 0.15) is 59.2 Å². The number of aliphatic imine (C=N–C) groups is 1. The molecule has 0 aromatic carbocycles. The third kappa shape index (κ3) is 10.2. The van der Waals surface area contributed by atoms with Crippen molar-refractivity contribution in [2.45, 2.75) is 72.4 Å². The maximum atomic E-state index is 12.0. The molecule has 0 fully saturated rings. The number of rotatable bonds is 8. The number of amides is 1. The number of hydrogen-bond donors (Lipinski definition) is 3. The second-order valence-corrected chi connectivity index (χ2v) is 8.91. The number of nitrogens with zero attached hydrogens (tertiary/aromatic N) is 2. The summed E-state index contributed by atoms with van der Waals surface area (Å²) in [5, 5.41) is 12.7. The Labute approximate surface area is 167 Å². The number of alkyl carbamates (subject to hydrolysis) is 1. The molecule has 27 heavy (non-hydrogen) atoms. The zero-order valence-electron chi connectivity index (χ0n) is 17.7. The van der Waals surface area contributed by atoms with E-state index in [0.717, 1.165) is 37.6 Å². The van der Waals surface area contributed by atoms with E-state index in [2.05, 4.69) is 38.2 Å². The second kappa shape index (κ2) is 10.5. The molecule has 1 heterocycles. The van der Waals surface area contributed by atoms with E-state index < -0.39 is 17.2 Å². The van der Waals surface area contributed by atoms with Gasteiger partial charge in [0.15, 0.2) is 5.96 Å². The Hall–Kier alpha value is -1.83. The maximum absolute atomic E-state index is 12.0. The van der Waals surface area contributed by atoms with Gasteiger partial charge in [0, 0.05) is 24.9 Å². The van der Waals surface area contributed by atoms with Crippen molar-refractivity contribution in [3.05, 3.63) is 16.1 Å². The Balaban J connectivity index is 2.54. The average molecular weight is 398 g/mol. The smallest absolute Gasteiger partial charge is 0.408 e. The van der Waals surface area contributed by atoms with E-state index in [-0.39, 0.29) is 0 Å². The molecule has 0 unspecified atom stereocenters. The van der Waals surface area contributed by atoms with Gasteiger partial charge < -0.3 is 20.7 Å². The highest BCUT2D eigenvalue weighted by molar-refractivity contribution is 7.09. The first kappa shape index (κ1) is 23.2. The summed E-state index contributed by atoms with van der Waals surface area (Å²) in [7, 11) is 0. The van der Waals surface area contributed by atoms with E-state index in [4.69, 9.17) is 4.74 Å². The fourth-order valence-electron chi connectivity index (χ4n) is 2.17. The largest absolute Gasteiger partial charge is 0.444 e. The van der Waals surface area contributed by atoms with Gasteiger partial charge in [-0.15, -0.1) is 11.3 Å². The molecule has 154 valence electrons. The van der Waals surface area contributed by atoms with Crippen LogP contribution in [0.5, 0.6) is 0 Å². The summed E-state index contributed by atoms with van der Waals surface area (Å²) in [5.41, 5.74) is 0.0650. The first-order valence-corrected chi connectivity index (χ1v) is 10.4. The summed E-state index contributed by atoms with van der Waals surface area (Å²) < 4.78 is 5.32. The minimum absolute atomic E-state index is 0.429. The lowest BCUT2D eigenvalue weighted by molar-refractivity contribution is 0.0476. The van der Waals surface area contributed by atoms with Gasteiger partial charge in [0.1, 0.15) is 5.60 Å². The van der Waals surface area contributed by atoms with E-state index in [1.807, 2.05) is 41.5 Å². The highest BCUT2D eigenvalue weighted by Gasteiger charge is 2.24. The minimum atomic E-state index is -0.521. The predicted octanol–water partition coefficient (Wildman–Crippen LogP) is 3.11. The van der Waals surface area contributed by atoms with Gasteiger partial charge in [-0.1, -0.05) is 6.92 Å². The van der Waals surface area contributed by atoms with Crippen LogP contribution in [0.15, 0.2) is 10.4 Å². The fraction of sp³-hybridized carbons (Fsp3) is 0.737. The number of carbonyl (C=O) groups is 1. The first-order valence-electron chi connectivity index (χ1n) is 9.51. The van der Waals surface area contributed by atoms with Crippen molar-refractivity contribution in [1.29, 1.82) is 0 Å². The van der Waals surface area contributed by atoms with E-state index in [1.165, 1.54) is 5.01 Å². The molecule has 0 aliphatic heterocycles. The van der Waals surface area contributed by atoms with Crippen molar-refractivity contribution >= 4 is 23.4 Å². The maximum Gasteiger partial charge on any atom is 0.408 e. The van der Waals surface area contributed by atoms with Crippen LogP contribution in [0.3, 0.4) is 0 Å². The zero-order valence-corrected chi connectivity index (χ0v) is 18.5. The highest BCUT2D eigenvalue weighted by Crippen LogP contribution is 2.11. The molecule has 0 radical (unpaired) electrons. The summed E-state index contributed by atoms with van der Waals surface area (Å²) >= 11 is 1.70. The minimum Gasteiger partial charge on any atom is -0.444 e. The molecular weight excluding hydrogens is 362 g/mol. The standard InChI is InChI=1S/C19H35N5O2S/c1-8-15-23-14(12-27-15)10-11-21-16(20-9-2)22-13-19(6,7)24-17(25)26-18(3,4)5/h12H,8-11,13H2,1-7H3,(H,24,25)(H2,20,21,22). The molecule has 0 saturated heterocycles. The van der Waals surface area contributed by atoms with E-state index >= 15 is 0 Å². The molecule has 1 rings (SSSR count). The van der Waals surface area contributed by atoms with Crippen molar-refractivity contribution in [2.75, 3.05) is 19.6 Å². The second-order valence-electron chi connectivity index (χ2n) is 7.97. The molecule has 0 aliphatic carbocycles. The van der Waals surface area contributed by atoms with Gasteiger partial charge in [0.05, 0.1) is 22.8 Å². The highest BCUT2D eigenvalue weighted by atomic mass is 32.1. The Morgan fingerprint density at radius 1 is 1.22 bits per heavy atom. The molecule has 0 bridgehead atoms. The molecular formula is C19H35N5O2S. The van der Waals surface area contributed by atoms with Crippen molar-refractivity contribution in [3.63, 3.8) is 0 Å². The van der Waals surface area contributed by atoms with Crippen molar-refractivity contribution < 1.29 is 9.53 Å². The van der Waals surface area contributed by atoms with E-state index in [0.29, 0.717) is 6.54 Å². The number of thiazole rings is 1. The van der Waals surface area contributed by atoms with Crippen LogP contribution in [0.25, 0.3) is 0 Å². The SMILES string of the molecule is CCNC(=NCC(C)(C)NC(=O)OC(C)(C)C)NCCc1csc(CC)n1. The number of guanidine groups is 1. The summed E-state index contributed by atoms with van der Waals surface area (Å²) in [6.07, 6.45) is 1.39.